The van der Waals surface area contributed by atoms with Crippen molar-refractivity contribution >= 4 is 5.91 Å². The van der Waals surface area contributed by atoms with Crippen LogP contribution >= 0.6 is 0 Å². The molecule has 9 nitrogen and oxygen atoms in total. The lowest BCUT2D eigenvalue weighted by Crippen LogP contribution is -2.44. The van der Waals surface area contributed by atoms with Crippen LogP contribution < -0.4 is 4.74 Å². The molecule has 1 amide bonds. The van der Waals surface area contributed by atoms with Crippen molar-refractivity contribution < 1.29 is 9.53 Å². The average molecular weight is 379 g/mol. The molecule has 1 atom stereocenters. The van der Waals surface area contributed by atoms with Crippen molar-refractivity contribution in [2.45, 2.75) is 32.3 Å². The Morgan fingerprint density at radius 1 is 1.29 bits per heavy atom. The number of likely N-dealkylation sites (tertiary alicyclic amines) is 1. The summed E-state index contributed by atoms with van der Waals surface area (Å²) >= 11 is 0. The number of aromatic nitrogens is 6. The summed E-state index contributed by atoms with van der Waals surface area (Å²) in [5, 5.41) is 11.1. The van der Waals surface area contributed by atoms with Crippen molar-refractivity contribution in [3.05, 3.63) is 54.1 Å². The Kier molecular flexibility index (Phi) is 5.22. The Bertz CT molecular complexity index is 928. The van der Waals surface area contributed by atoms with Crippen molar-refractivity contribution in [1.29, 1.82) is 0 Å². The van der Waals surface area contributed by atoms with E-state index in [9.17, 15) is 4.79 Å². The van der Waals surface area contributed by atoms with Crippen LogP contribution in [0, 0.1) is 0 Å². The number of carbonyl (C=O) groups excluding carboxylic acids is 1. The fourth-order valence-corrected chi connectivity index (χ4v) is 3.20. The summed E-state index contributed by atoms with van der Waals surface area (Å²) in [5.74, 6) is -0.0366. The van der Waals surface area contributed by atoms with Gasteiger partial charge in [0.1, 0.15) is 12.4 Å². The van der Waals surface area contributed by atoms with Crippen molar-refractivity contribution in [3.8, 4) is 11.7 Å². The molecule has 1 aromatic carbocycles. The molecule has 0 radical (unpaired) electrons. The van der Waals surface area contributed by atoms with E-state index in [4.69, 9.17) is 4.74 Å². The van der Waals surface area contributed by atoms with E-state index in [1.54, 1.807) is 24.5 Å². The van der Waals surface area contributed by atoms with Gasteiger partial charge in [0.2, 0.25) is 0 Å². The number of rotatable bonds is 5. The number of tetrazole rings is 1. The van der Waals surface area contributed by atoms with Crippen molar-refractivity contribution in [2.75, 3.05) is 13.1 Å². The minimum atomic E-state index is -0.118. The molecule has 3 heterocycles. The van der Waals surface area contributed by atoms with Crippen molar-refractivity contribution in [1.82, 2.24) is 35.1 Å². The second-order valence-electron chi connectivity index (χ2n) is 6.67. The summed E-state index contributed by atoms with van der Waals surface area (Å²) in [6.07, 6.45) is 7.56. The molecule has 0 bridgehead atoms. The zero-order chi connectivity index (χ0) is 19.3. The van der Waals surface area contributed by atoms with Crippen LogP contribution in [0.15, 0.2) is 43.0 Å². The van der Waals surface area contributed by atoms with Gasteiger partial charge in [0.25, 0.3) is 5.91 Å². The topological polar surface area (TPSA) is 98.9 Å². The van der Waals surface area contributed by atoms with Gasteiger partial charge in [0.15, 0.2) is 0 Å². The largest absolute Gasteiger partial charge is 0.458 e. The van der Waals surface area contributed by atoms with E-state index in [1.165, 1.54) is 11.0 Å². The number of hydrogen-bond acceptors (Lipinski definition) is 7. The molecule has 1 aliphatic rings. The standard InChI is InChI=1S/C19H21N7O2/c1-2-14-10-20-19(21-11-14)28-17-7-4-8-25(12-17)18(27)15-5-3-6-16(9-15)26-13-22-23-24-26/h3,5-6,9-11,13,17H,2,4,7-8,12H2,1H3. The zero-order valence-corrected chi connectivity index (χ0v) is 15.6. The van der Waals surface area contributed by atoms with E-state index >= 15 is 0 Å². The second-order valence-corrected chi connectivity index (χ2v) is 6.67. The molecule has 1 unspecified atom stereocenters. The second kappa shape index (κ2) is 8.12. The summed E-state index contributed by atoms with van der Waals surface area (Å²) in [6.45, 7) is 3.26. The predicted molar refractivity (Wildman–Crippen MR) is 100 cm³/mol. The molecule has 1 aliphatic heterocycles. The lowest BCUT2D eigenvalue weighted by atomic mass is 10.1. The van der Waals surface area contributed by atoms with Crippen LogP contribution in [0.2, 0.25) is 0 Å². The molecule has 2 aromatic heterocycles. The minimum absolute atomic E-state index is 0.0366. The number of aryl methyl sites for hydroxylation is 1. The highest BCUT2D eigenvalue weighted by atomic mass is 16.5. The van der Waals surface area contributed by atoms with Gasteiger partial charge in [-0.1, -0.05) is 13.0 Å². The van der Waals surface area contributed by atoms with E-state index in [1.807, 2.05) is 17.0 Å². The summed E-state index contributed by atoms with van der Waals surface area (Å²) in [7, 11) is 0. The van der Waals surface area contributed by atoms with Crippen LogP contribution in [0.3, 0.4) is 0 Å². The monoisotopic (exact) mass is 379 g/mol. The Labute approximate surface area is 162 Å². The van der Waals surface area contributed by atoms with Gasteiger partial charge >= 0.3 is 6.01 Å². The number of hydrogen-bond donors (Lipinski definition) is 0. The van der Waals surface area contributed by atoms with Crippen LogP contribution in [-0.2, 0) is 6.42 Å². The number of carbonyl (C=O) groups is 1. The van der Waals surface area contributed by atoms with Gasteiger partial charge in [-0.25, -0.2) is 14.6 Å². The quantitative estimate of drug-likeness (QED) is 0.665. The maximum Gasteiger partial charge on any atom is 0.316 e. The molecule has 28 heavy (non-hydrogen) atoms. The average Bonchev–Trinajstić information content (AvgIpc) is 3.29. The molecule has 1 saturated heterocycles. The lowest BCUT2D eigenvalue weighted by molar-refractivity contribution is 0.0515. The molecular weight excluding hydrogens is 358 g/mol. The van der Waals surface area contributed by atoms with Crippen LogP contribution in [0.5, 0.6) is 6.01 Å². The van der Waals surface area contributed by atoms with Crippen molar-refractivity contribution in [2.24, 2.45) is 0 Å². The highest BCUT2D eigenvalue weighted by Crippen LogP contribution is 2.19. The number of ether oxygens (including phenoxy) is 1. The van der Waals surface area contributed by atoms with Gasteiger partial charge in [-0.2, -0.15) is 0 Å². The Morgan fingerprint density at radius 3 is 2.89 bits per heavy atom. The Hall–Kier alpha value is -3.36. The first-order valence-corrected chi connectivity index (χ1v) is 9.33. The first kappa shape index (κ1) is 18.0. The molecule has 4 rings (SSSR count). The maximum absolute atomic E-state index is 13.0. The van der Waals surface area contributed by atoms with Gasteiger partial charge in [0.05, 0.1) is 12.2 Å². The third-order valence-electron chi connectivity index (χ3n) is 4.73. The third-order valence-corrected chi connectivity index (χ3v) is 4.73. The van der Waals surface area contributed by atoms with E-state index in [0.29, 0.717) is 24.7 Å². The van der Waals surface area contributed by atoms with E-state index in [0.717, 1.165) is 30.5 Å². The first-order valence-electron chi connectivity index (χ1n) is 9.33. The van der Waals surface area contributed by atoms with E-state index in [2.05, 4.69) is 32.4 Å². The normalized spacial score (nSPS) is 16.8. The van der Waals surface area contributed by atoms with Gasteiger partial charge in [-0.15, -0.1) is 5.10 Å². The number of amides is 1. The highest BCUT2D eigenvalue weighted by Gasteiger charge is 2.26. The molecule has 9 heteroatoms. The number of benzene rings is 1. The third kappa shape index (κ3) is 3.98. The molecule has 1 fully saturated rings. The summed E-state index contributed by atoms with van der Waals surface area (Å²) < 4.78 is 7.43. The lowest BCUT2D eigenvalue weighted by Gasteiger charge is -2.32. The van der Waals surface area contributed by atoms with Gasteiger partial charge in [0, 0.05) is 24.5 Å². The molecule has 0 N–H and O–H groups in total. The van der Waals surface area contributed by atoms with Crippen molar-refractivity contribution in [3.63, 3.8) is 0 Å². The van der Waals surface area contributed by atoms with Gasteiger partial charge in [-0.05, 0) is 53.5 Å². The fraction of sp³-hybridized carbons (Fsp3) is 0.368. The SMILES string of the molecule is CCc1cnc(OC2CCCN(C(=O)c3cccc(-n4cnnn4)c3)C2)nc1. The fourth-order valence-electron chi connectivity index (χ4n) is 3.20. The van der Waals surface area contributed by atoms with Gasteiger partial charge in [-0.3, -0.25) is 4.79 Å². The number of nitrogens with zero attached hydrogens (tertiary/aromatic N) is 7. The maximum atomic E-state index is 13.0. The summed E-state index contributed by atoms with van der Waals surface area (Å²) in [4.78, 5) is 23.3. The smallest absolute Gasteiger partial charge is 0.316 e. The molecule has 144 valence electrons. The van der Waals surface area contributed by atoms with Crippen LogP contribution in [0.25, 0.3) is 5.69 Å². The molecule has 0 spiro atoms. The highest BCUT2D eigenvalue weighted by molar-refractivity contribution is 5.94. The minimum Gasteiger partial charge on any atom is -0.458 e. The number of piperidine rings is 1. The zero-order valence-electron chi connectivity index (χ0n) is 15.6. The molecular formula is C19H21N7O2. The van der Waals surface area contributed by atoms with Crippen LogP contribution in [-0.4, -0.2) is 60.2 Å². The summed E-state index contributed by atoms with van der Waals surface area (Å²) in [6, 6.07) is 7.62. The Morgan fingerprint density at radius 2 is 2.14 bits per heavy atom. The first-order chi connectivity index (χ1) is 13.7. The van der Waals surface area contributed by atoms with Gasteiger partial charge < -0.3 is 9.64 Å². The molecule has 3 aromatic rings. The van der Waals surface area contributed by atoms with Crippen LogP contribution in [0.4, 0.5) is 0 Å². The van der Waals surface area contributed by atoms with Crippen LogP contribution in [0.1, 0.15) is 35.7 Å². The van der Waals surface area contributed by atoms with E-state index < -0.39 is 0 Å². The Balaban J connectivity index is 1.44. The predicted octanol–water partition coefficient (Wildman–Crippen LogP) is 1.70. The molecule has 0 aliphatic carbocycles. The van der Waals surface area contributed by atoms with E-state index in [-0.39, 0.29) is 12.0 Å². The summed E-state index contributed by atoms with van der Waals surface area (Å²) in [5.41, 5.74) is 2.40. The molecule has 0 saturated carbocycles.